The molecule has 2 rings (SSSR count). The molecule has 1 heterocycles. The lowest BCUT2D eigenvalue weighted by molar-refractivity contribution is 0.210. The molecule has 0 saturated carbocycles. The molecule has 6 nitrogen and oxygen atoms in total. The van der Waals surface area contributed by atoms with E-state index in [-0.39, 0.29) is 26.8 Å². The van der Waals surface area contributed by atoms with E-state index in [2.05, 4.69) is 4.72 Å². The van der Waals surface area contributed by atoms with Gasteiger partial charge in [0.05, 0.1) is 17.6 Å². The van der Waals surface area contributed by atoms with Crippen LogP contribution < -0.4 is 4.72 Å². The summed E-state index contributed by atoms with van der Waals surface area (Å²) in [7, 11) is -7.96. The molecule has 0 bridgehead atoms. The maximum atomic E-state index is 13.3. The van der Waals surface area contributed by atoms with E-state index in [1.807, 2.05) is 0 Å². The Morgan fingerprint density at radius 3 is 2.19 bits per heavy atom. The summed E-state index contributed by atoms with van der Waals surface area (Å²) in [6.07, 6.45) is 0. The molecule has 2 aromatic rings. The number of nitrogens with one attached hydrogen (secondary N) is 1. The molecule has 1 unspecified atom stereocenters. The van der Waals surface area contributed by atoms with Crippen LogP contribution in [-0.2, 0) is 23.6 Å². The zero-order chi connectivity index (χ0) is 19.4. The van der Waals surface area contributed by atoms with Crippen molar-refractivity contribution in [3.05, 3.63) is 50.6 Å². The zero-order valence-corrected chi connectivity index (χ0v) is 18.1. The highest BCUT2D eigenvalue weighted by atomic mass is 35.5. The average Bonchev–Trinajstić information content (AvgIpc) is 2.93. The van der Waals surface area contributed by atoms with Crippen LogP contribution >= 0.6 is 42.1 Å². The van der Waals surface area contributed by atoms with Crippen molar-refractivity contribution < 1.29 is 22.0 Å². The molecule has 1 N–H and O–H groups in total. The molecular weight excluding hydrogens is 440 g/mol. The molecule has 0 aliphatic rings. The van der Waals surface area contributed by atoms with Gasteiger partial charge in [-0.15, -0.1) is 11.3 Å². The Hall–Kier alpha value is -0.440. The van der Waals surface area contributed by atoms with Crippen molar-refractivity contribution >= 4 is 52.2 Å². The molecule has 0 spiro atoms. The largest absolute Gasteiger partial charge is 0.352 e. The van der Waals surface area contributed by atoms with E-state index in [0.29, 0.717) is 5.56 Å². The minimum atomic E-state index is -4.13. The van der Waals surface area contributed by atoms with Gasteiger partial charge in [-0.05, 0) is 25.5 Å². The van der Waals surface area contributed by atoms with Crippen LogP contribution in [0.25, 0.3) is 0 Å². The van der Waals surface area contributed by atoms with Crippen LogP contribution in [-0.4, -0.2) is 21.6 Å². The third-order valence-corrected chi connectivity index (χ3v) is 8.88. The van der Waals surface area contributed by atoms with Crippen molar-refractivity contribution in [1.82, 2.24) is 4.72 Å². The molecule has 0 fully saturated rings. The zero-order valence-electron chi connectivity index (χ0n) is 14.0. The predicted octanol–water partition coefficient (Wildman–Crippen LogP) is 5.30. The first-order valence-corrected chi connectivity index (χ1v) is 12.3. The molecule has 1 atom stereocenters. The van der Waals surface area contributed by atoms with Crippen molar-refractivity contribution in [3.8, 4) is 0 Å². The number of hydrogen-bond acceptors (Lipinski definition) is 6. The van der Waals surface area contributed by atoms with Crippen molar-refractivity contribution in [1.29, 1.82) is 0 Å². The van der Waals surface area contributed by atoms with Gasteiger partial charge >= 0.3 is 7.60 Å². The van der Waals surface area contributed by atoms with Gasteiger partial charge in [-0.2, -0.15) is 4.72 Å². The van der Waals surface area contributed by atoms with Crippen LogP contribution in [0.15, 0.2) is 41.3 Å². The number of hydrogen-bond donors (Lipinski definition) is 1. The Kier molecular flexibility index (Phi) is 7.71. The minimum Gasteiger partial charge on any atom is -0.308 e. The fourth-order valence-corrected chi connectivity index (χ4v) is 7.99. The molecule has 0 aliphatic carbocycles. The van der Waals surface area contributed by atoms with E-state index < -0.39 is 23.4 Å². The highest BCUT2D eigenvalue weighted by Crippen LogP contribution is 2.60. The molecule has 0 aliphatic heterocycles. The summed E-state index contributed by atoms with van der Waals surface area (Å²) in [6.45, 7) is 3.48. The third-order valence-electron chi connectivity index (χ3n) is 3.23. The summed E-state index contributed by atoms with van der Waals surface area (Å²) in [5, 5.41) is 0. The summed E-state index contributed by atoms with van der Waals surface area (Å²) in [4.78, 5) is -0.186. The van der Waals surface area contributed by atoms with Crippen molar-refractivity contribution in [3.63, 3.8) is 0 Å². The smallest absolute Gasteiger partial charge is 0.308 e. The van der Waals surface area contributed by atoms with Gasteiger partial charge in [-0.25, -0.2) is 8.42 Å². The van der Waals surface area contributed by atoms with Gasteiger partial charge in [0.2, 0.25) is 10.0 Å². The summed E-state index contributed by atoms with van der Waals surface area (Å²) in [5.41, 5.74) is 0.443. The fraction of sp³-hybridized carbons (Fsp3) is 0.333. The normalized spacial score (nSPS) is 13.7. The Morgan fingerprint density at radius 1 is 1.15 bits per heavy atom. The molecular formula is C15H18Cl2NO5PS2. The SMILES string of the molecule is CCOP(=O)(OCC)C(NS(=O)(=O)c1cc(Cl)sc1Cl)c1ccccc1. The van der Waals surface area contributed by atoms with Crippen molar-refractivity contribution in [2.45, 2.75) is 24.5 Å². The number of rotatable bonds is 9. The Balaban J connectivity index is 2.51. The summed E-state index contributed by atoms with van der Waals surface area (Å²) >= 11 is 12.8. The molecule has 26 heavy (non-hydrogen) atoms. The topological polar surface area (TPSA) is 81.7 Å². The van der Waals surface area contributed by atoms with Crippen LogP contribution in [0.5, 0.6) is 0 Å². The van der Waals surface area contributed by atoms with Gasteiger partial charge in [0.25, 0.3) is 0 Å². The van der Waals surface area contributed by atoms with Crippen molar-refractivity contribution in [2.24, 2.45) is 0 Å². The maximum absolute atomic E-state index is 13.3. The van der Waals surface area contributed by atoms with E-state index in [1.54, 1.807) is 44.2 Å². The van der Waals surface area contributed by atoms with E-state index in [1.165, 1.54) is 6.07 Å². The lowest BCUT2D eigenvalue weighted by Gasteiger charge is -2.27. The Labute approximate surface area is 167 Å². The molecule has 144 valence electrons. The average molecular weight is 458 g/mol. The summed E-state index contributed by atoms with van der Waals surface area (Å²) in [6, 6.07) is 9.68. The van der Waals surface area contributed by atoms with E-state index in [0.717, 1.165) is 11.3 Å². The second kappa shape index (κ2) is 9.17. The lowest BCUT2D eigenvalue weighted by atomic mass is 10.2. The third kappa shape index (κ3) is 5.09. The van der Waals surface area contributed by atoms with Gasteiger partial charge in [-0.3, -0.25) is 4.57 Å². The second-order valence-corrected chi connectivity index (χ2v) is 11.1. The van der Waals surface area contributed by atoms with Crippen LogP contribution in [0.3, 0.4) is 0 Å². The summed E-state index contributed by atoms with van der Waals surface area (Å²) in [5.74, 6) is -1.23. The van der Waals surface area contributed by atoms with Gasteiger partial charge in [0.15, 0.2) is 0 Å². The van der Waals surface area contributed by atoms with E-state index >= 15 is 0 Å². The lowest BCUT2D eigenvalue weighted by Crippen LogP contribution is -2.30. The Morgan fingerprint density at radius 2 is 1.73 bits per heavy atom. The van der Waals surface area contributed by atoms with E-state index in [4.69, 9.17) is 32.2 Å². The second-order valence-electron chi connectivity index (χ2n) is 5.00. The van der Waals surface area contributed by atoms with Crippen LogP contribution in [0, 0.1) is 0 Å². The standard InChI is InChI=1S/C15H18Cl2NO5PS2/c1-3-22-24(19,23-4-2)15(11-8-6-5-7-9-11)18-26(20,21)12-10-13(16)25-14(12)17/h5-10,15,18H,3-4H2,1-2H3. The first-order valence-electron chi connectivity index (χ1n) is 7.64. The van der Waals surface area contributed by atoms with Crippen molar-refractivity contribution in [2.75, 3.05) is 13.2 Å². The first-order chi connectivity index (χ1) is 12.2. The van der Waals surface area contributed by atoms with Gasteiger partial charge < -0.3 is 9.05 Å². The molecule has 1 aromatic carbocycles. The first kappa shape index (κ1) is 21.9. The monoisotopic (exact) mass is 457 g/mol. The molecule has 11 heteroatoms. The quantitative estimate of drug-likeness (QED) is 0.516. The molecule has 1 aromatic heterocycles. The highest BCUT2D eigenvalue weighted by molar-refractivity contribution is 7.90. The van der Waals surface area contributed by atoms with Gasteiger partial charge in [-0.1, -0.05) is 53.5 Å². The number of sulfonamides is 1. The Bertz CT molecular complexity index is 879. The van der Waals surface area contributed by atoms with E-state index in [9.17, 15) is 13.0 Å². The summed E-state index contributed by atoms with van der Waals surface area (Å²) < 4.78 is 52.3. The fourth-order valence-electron chi connectivity index (χ4n) is 2.22. The predicted molar refractivity (Wildman–Crippen MR) is 105 cm³/mol. The van der Waals surface area contributed by atoms with Gasteiger partial charge in [0, 0.05) is 0 Å². The molecule has 0 amide bonds. The number of halogens is 2. The maximum Gasteiger partial charge on any atom is 0.352 e. The minimum absolute atomic E-state index is 0.0111. The van der Waals surface area contributed by atoms with Crippen LogP contribution in [0.4, 0.5) is 0 Å². The van der Waals surface area contributed by atoms with Gasteiger partial charge in [0.1, 0.15) is 15.0 Å². The highest BCUT2D eigenvalue weighted by Gasteiger charge is 2.40. The number of benzene rings is 1. The molecule has 0 radical (unpaired) electrons. The van der Waals surface area contributed by atoms with Crippen LogP contribution in [0.1, 0.15) is 25.2 Å². The number of thiophene rings is 1. The van der Waals surface area contributed by atoms with Crippen LogP contribution in [0.2, 0.25) is 8.67 Å². The molecule has 0 saturated heterocycles.